The number of fused-ring (bicyclic) bond motifs is 1. The fourth-order valence-electron chi connectivity index (χ4n) is 3.62. The molecule has 0 unspecified atom stereocenters. The van der Waals surface area contributed by atoms with E-state index in [1.54, 1.807) is 16.8 Å². The highest BCUT2D eigenvalue weighted by molar-refractivity contribution is 6.33. The van der Waals surface area contributed by atoms with Crippen molar-refractivity contribution in [2.24, 2.45) is 0 Å². The van der Waals surface area contributed by atoms with Crippen LogP contribution in [0.4, 0.5) is 5.69 Å². The van der Waals surface area contributed by atoms with Gasteiger partial charge in [0.25, 0.3) is 0 Å². The molecule has 0 spiro atoms. The molecule has 152 valence electrons. The van der Waals surface area contributed by atoms with Crippen LogP contribution in [0.25, 0.3) is 11.4 Å². The maximum Gasteiger partial charge on any atom is 0.246 e. The molecule has 0 radical (unpaired) electrons. The number of aromatic nitrogens is 5. The minimum Gasteiger partial charge on any atom is -0.324 e. The number of rotatable bonds is 4. The lowest BCUT2D eigenvalue weighted by Crippen LogP contribution is -2.20. The number of hydrogen-bond acceptors (Lipinski definition) is 4. The predicted molar refractivity (Wildman–Crippen MR) is 113 cm³/mol. The molecule has 7 nitrogen and oxygen atoms in total. The second-order valence-electron chi connectivity index (χ2n) is 7.29. The van der Waals surface area contributed by atoms with Crippen molar-refractivity contribution in [1.82, 2.24) is 24.5 Å². The maximum absolute atomic E-state index is 12.5. The first-order valence-corrected chi connectivity index (χ1v) is 10.4. The monoisotopic (exact) mass is 432 g/mol. The van der Waals surface area contributed by atoms with Gasteiger partial charge in [0.2, 0.25) is 5.91 Å². The Balaban J connectivity index is 1.57. The van der Waals surface area contributed by atoms with Crippen LogP contribution in [0.2, 0.25) is 10.0 Å². The van der Waals surface area contributed by atoms with Crippen LogP contribution in [0.1, 0.15) is 36.5 Å². The summed E-state index contributed by atoms with van der Waals surface area (Å²) in [4.78, 5) is 12.5. The van der Waals surface area contributed by atoms with Crippen LogP contribution in [0.15, 0.2) is 18.2 Å². The van der Waals surface area contributed by atoms with Gasteiger partial charge in [0.05, 0.1) is 21.4 Å². The maximum atomic E-state index is 12.5. The molecule has 1 aliphatic heterocycles. The van der Waals surface area contributed by atoms with Gasteiger partial charge in [0, 0.05) is 24.2 Å². The molecule has 9 heteroatoms. The van der Waals surface area contributed by atoms with Gasteiger partial charge >= 0.3 is 0 Å². The topological polar surface area (TPSA) is 77.6 Å². The Kier molecular flexibility index (Phi) is 5.61. The molecular formula is C20H22Cl2N6O. The molecular weight excluding hydrogens is 411 g/mol. The molecule has 29 heavy (non-hydrogen) atoms. The molecule has 4 rings (SSSR count). The Hall–Kier alpha value is -2.38. The quantitative estimate of drug-likeness (QED) is 0.661. The van der Waals surface area contributed by atoms with Crippen LogP contribution >= 0.6 is 23.2 Å². The molecule has 3 heterocycles. The van der Waals surface area contributed by atoms with E-state index in [4.69, 9.17) is 23.2 Å². The zero-order valence-corrected chi connectivity index (χ0v) is 17.9. The van der Waals surface area contributed by atoms with Crippen molar-refractivity contribution in [3.63, 3.8) is 0 Å². The van der Waals surface area contributed by atoms with Gasteiger partial charge in [-0.3, -0.25) is 9.48 Å². The van der Waals surface area contributed by atoms with Crippen molar-refractivity contribution in [3.05, 3.63) is 45.5 Å². The van der Waals surface area contributed by atoms with Crippen molar-refractivity contribution in [3.8, 4) is 11.4 Å². The standard InChI is InChI=1S/C20H22Cl2N6O/c1-12-19(22)13(2)28(26-12)11-18(29)23-14-7-8-16(21)15(10-14)20-25-24-17-6-4-3-5-9-27(17)20/h7-8,10H,3-6,9,11H2,1-2H3,(H,23,29). The summed E-state index contributed by atoms with van der Waals surface area (Å²) >= 11 is 12.6. The molecule has 0 aliphatic carbocycles. The summed E-state index contributed by atoms with van der Waals surface area (Å²) in [5.74, 6) is 1.54. The third-order valence-electron chi connectivity index (χ3n) is 5.19. The number of nitrogens with one attached hydrogen (secondary N) is 1. The van der Waals surface area contributed by atoms with E-state index < -0.39 is 0 Å². The van der Waals surface area contributed by atoms with Gasteiger partial charge in [-0.15, -0.1) is 10.2 Å². The number of carbonyl (C=O) groups excluding carboxylic acids is 1. The predicted octanol–water partition coefficient (Wildman–Crippen LogP) is 4.43. The molecule has 0 bridgehead atoms. The molecule has 0 atom stereocenters. The molecule has 1 N–H and O–H groups in total. The van der Waals surface area contributed by atoms with Crippen LogP contribution in [0.3, 0.4) is 0 Å². The zero-order chi connectivity index (χ0) is 20.5. The van der Waals surface area contributed by atoms with E-state index in [-0.39, 0.29) is 12.5 Å². The van der Waals surface area contributed by atoms with E-state index in [2.05, 4.69) is 25.2 Å². The SMILES string of the molecule is Cc1nn(CC(=O)Nc2ccc(Cl)c(-c3nnc4n3CCCCC4)c2)c(C)c1Cl. The van der Waals surface area contributed by atoms with E-state index >= 15 is 0 Å². The normalized spacial score (nSPS) is 13.8. The lowest BCUT2D eigenvalue weighted by molar-refractivity contribution is -0.116. The molecule has 0 saturated heterocycles. The van der Waals surface area contributed by atoms with E-state index in [9.17, 15) is 4.79 Å². The fourth-order valence-corrected chi connectivity index (χ4v) is 3.96. The second-order valence-corrected chi connectivity index (χ2v) is 8.07. The summed E-state index contributed by atoms with van der Waals surface area (Å²) in [6, 6.07) is 5.39. The number of amides is 1. The number of hydrogen-bond donors (Lipinski definition) is 1. The Labute approximate surface area is 179 Å². The van der Waals surface area contributed by atoms with Crippen LogP contribution in [-0.4, -0.2) is 30.5 Å². The third kappa shape index (κ3) is 4.02. The summed E-state index contributed by atoms with van der Waals surface area (Å²) in [6.07, 6.45) is 4.32. The number of carbonyl (C=O) groups is 1. The highest BCUT2D eigenvalue weighted by atomic mass is 35.5. The number of halogens is 2. The van der Waals surface area contributed by atoms with E-state index in [0.29, 0.717) is 21.4 Å². The number of benzene rings is 1. The molecule has 1 amide bonds. The molecule has 2 aromatic heterocycles. The lowest BCUT2D eigenvalue weighted by Gasteiger charge is -2.11. The van der Waals surface area contributed by atoms with Crippen LogP contribution in [-0.2, 0) is 24.3 Å². The van der Waals surface area contributed by atoms with E-state index in [1.165, 1.54) is 6.42 Å². The van der Waals surface area contributed by atoms with Gasteiger partial charge in [0.1, 0.15) is 12.4 Å². The zero-order valence-electron chi connectivity index (χ0n) is 16.4. The van der Waals surface area contributed by atoms with Crippen LogP contribution in [0.5, 0.6) is 0 Å². The Morgan fingerprint density at radius 2 is 2.00 bits per heavy atom. The fraction of sp³-hybridized carbons (Fsp3) is 0.400. The summed E-state index contributed by atoms with van der Waals surface area (Å²) in [5, 5.41) is 17.1. The summed E-state index contributed by atoms with van der Waals surface area (Å²) in [7, 11) is 0. The number of anilines is 1. The van der Waals surface area contributed by atoms with Gasteiger partial charge in [-0.2, -0.15) is 5.10 Å². The minimum absolute atomic E-state index is 0.0810. The minimum atomic E-state index is -0.194. The van der Waals surface area contributed by atoms with Gasteiger partial charge < -0.3 is 9.88 Å². The smallest absolute Gasteiger partial charge is 0.246 e. The van der Waals surface area contributed by atoms with Gasteiger partial charge in [0.15, 0.2) is 5.82 Å². The van der Waals surface area contributed by atoms with Crippen molar-refractivity contribution in [1.29, 1.82) is 0 Å². The lowest BCUT2D eigenvalue weighted by atomic mass is 10.1. The highest BCUT2D eigenvalue weighted by Crippen LogP contribution is 2.31. The third-order valence-corrected chi connectivity index (χ3v) is 6.06. The molecule has 0 fully saturated rings. The summed E-state index contributed by atoms with van der Waals surface area (Å²) < 4.78 is 3.74. The Morgan fingerprint density at radius 1 is 1.17 bits per heavy atom. The first-order chi connectivity index (χ1) is 13.9. The van der Waals surface area contributed by atoms with Crippen molar-refractivity contribution in [2.75, 3.05) is 5.32 Å². The second kappa shape index (κ2) is 8.16. The number of aryl methyl sites for hydroxylation is 2. The van der Waals surface area contributed by atoms with Crippen molar-refractivity contribution < 1.29 is 4.79 Å². The van der Waals surface area contributed by atoms with Gasteiger partial charge in [-0.05, 0) is 44.9 Å². The molecule has 3 aromatic rings. The number of nitrogens with zero attached hydrogens (tertiary/aromatic N) is 5. The first-order valence-electron chi connectivity index (χ1n) is 9.65. The largest absolute Gasteiger partial charge is 0.324 e. The van der Waals surface area contributed by atoms with Crippen molar-refractivity contribution in [2.45, 2.75) is 52.6 Å². The van der Waals surface area contributed by atoms with Crippen LogP contribution < -0.4 is 5.32 Å². The van der Waals surface area contributed by atoms with Crippen molar-refractivity contribution >= 4 is 34.8 Å². The first kappa shape index (κ1) is 19.9. The van der Waals surface area contributed by atoms with Gasteiger partial charge in [-0.1, -0.05) is 29.6 Å². The molecule has 1 aliphatic rings. The van der Waals surface area contributed by atoms with Gasteiger partial charge in [-0.25, -0.2) is 0 Å². The highest BCUT2D eigenvalue weighted by Gasteiger charge is 2.19. The molecule has 0 saturated carbocycles. The Morgan fingerprint density at radius 3 is 2.76 bits per heavy atom. The summed E-state index contributed by atoms with van der Waals surface area (Å²) in [6.45, 7) is 4.62. The average molecular weight is 433 g/mol. The van der Waals surface area contributed by atoms with E-state index in [0.717, 1.165) is 48.7 Å². The summed E-state index contributed by atoms with van der Waals surface area (Å²) in [5.41, 5.74) is 2.88. The molecule has 1 aromatic carbocycles. The Bertz CT molecular complexity index is 1070. The van der Waals surface area contributed by atoms with E-state index in [1.807, 2.05) is 19.9 Å². The van der Waals surface area contributed by atoms with Crippen LogP contribution in [0, 0.1) is 13.8 Å². The average Bonchev–Trinajstić information content (AvgIpc) is 3.08.